The summed E-state index contributed by atoms with van der Waals surface area (Å²) in [6.07, 6.45) is 1.57. The summed E-state index contributed by atoms with van der Waals surface area (Å²) >= 11 is 4.86. The molecule has 1 heterocycles. The second-order valence-corrected chi connectivity index (χ2v) is 2.07. The summed E-state index contributed by atoms with van der Waals surface area (Å²) in [5, 5.41) is 0.424. The van der Waals surface area contributed by atoms with Gasteiger partial charge in [-0.1, -0.05) is 0 Å². The molecule has 0 spiro atoms. The van der Waals surface area contributed by atoms with Crippen LogP contribution in [-0.2, 0) is 4.74 Å². The highest BCUT2D eigenvalue weighted by molar-refractivity contribution is 7.80. The van der Waals surface area contributed by atoms with Gasteiger partial charge in [-0.25, -0.2) is 0 Å². The maximum absolute atomic E-state index is 5.02. The molecular formula is C7H8O2S. The molecule has 2 nitrogen and oxygen atoms in total. The van der Waals surface area contributed by atoms with E-state index in [1.165, 1.54) is 0 Å². The first-order valence-electron chi connectivity index (χ1n) is 3.05. The first kappa shape index (κ1) is 7.28. The second-order valence-electron chi connectivity index (χ2n) is 1.70. The maximum atomic E-state index is 5.02. The fourth-order valence-electron chi connectivity index (χ4n) is 0.597. The Hall–Kier alpha value is -0.830. The Morgan fingerprint density at radius 2 is 2.60 bits per heavy atom. The molecule has 0 aliphatic rings. The van der Waals surface area contributed by atoms with E-state index in [0.717, 1.165) is 0 Å². The molecule has 0 fully saturated rings. The van der Waals surface area contributed by atoms with Crippen LogP contribution in [0.3, 0.4) is 0 Å². The van der Waals surface area contributed by atoms with E-state index in [4.69, 9.17) is 21.4 Å². The summed E-state index contributed by atoms with van der Waals surface area (Å²) in [6.45, 7) is 2.47. The summed E-state index contributed by atoms with van der Waals surface area (Å²) in [5.74, 6) is 0.622. The molecule has 0 unspecified atom stereocenters. The van der Waals surface area contributed by atoms with Crippen molar-refractivity contribution in [1.82, 2.24) is 0 Å². The van der Waals surface area contributed by atoms with Crippen molar-refractivity contribution in [1.29, 1.82) is 0 Å². The fraction of sp³-hybridized carbons (Fsp3) is 0.286. The van der Waals surface area contributed by atoms with Gasteiger partial charge >= 0.3 is 0 Å². The quantitative estimate of drug-likeness (QED) is 0.611. The normalized spacial score (nSPS) is 9.30. The first-order valence-corrected chi connectivity index (χ1v) is 3.46. The van der Waals surface area contributed by atoms with Crippen molar-refractivity contribution in [3.8, 4) is 0 Å². The molecule has 10 heavy (non-hydrogen) atoms. The predicted octanol–water partition coefficient (Wildman–Crippen LogP) is 1.99. The zero-order chi connectivity index (χ0) is 7.40. The third-order valence-electron chi connectivity index (χ3n) is 0.998. The molecule has 0 atom stereocenters. The molecular weight excluding hydrogens is 148 g/mol. The second kappa shape index (κ2) is 3.37. The lowest BCUT2D eigenvalue weighted by molar-refractivity contribution is 0.328. The van der Waals surface area contributed by atoms with E-state index in [-0.39, 0.29) is 0 Å². The molecule has 0 bridgehead atoms. The van der Waals surface area contributed by atoms with Gasteiger partial charge in [-0.2, -0.15) is 0 Å². The Morgan fingerprint density at radius 3 is 3.10 bits per heavy atom. The van der Waals surface area contributed by atoms with E-state index in [2.05, 4.69) is 0 Å². The number of ether oxygens (including phenoxy) is 1. The smallest absolute Gasteiger partial charge is 0.227 e. The average Bonchev–Trinajstić information content (AvgIpc) is 2.38. The lowest BCUT2D eigenvalue weighted by Crippen LogP contribution is -2.00. The van der Waals surface area contributed by atoms with E-state index >= 15 is 0 Å². The van der Waals surface area contributed by atoms with Crippen molar-refractivity contribution < 1.29 is 9.15 Å². The lowest BCUT2D eigenvalue weighted by atomic mass is 10.5. The Bertz CT molecular complexity index is 203. The highest BCUT2D eigenvalue weighted by Crippen LogP contribution is 2.02. The Balaban J connectivity index is 2.59. The first-order chi connectivity index (χ1) is 4.84. The van der Waals surface area contributed by atoms with Gasteiger partial charge in [0.25, 0.3) is 0 Å². The summed E-state index contributed by atoms with van der Waals surface area (Å²) in [6, 6.07) is 3.55. The van der Waals surface area contributed by atoms with Crippen molar-refractivity contribution in [3.63, 3.8) is 0 Å². The molecule has 0 radical (unpaired) electrons. The lowest BCUT2D eigenvalue weighted by Gasteiger charge is -1.98. The highest BCUT2D eigenvalue weighted by atomic mass is 32.1. The van der Waals surface area contributed by atoms with Crippen molar-refractivity contribution in [2.45, 2.75) is 6.92 Å². The third kappa shape index (κ3) is 1.57. The van der Waals surface area contributed by atoms with Crippen LogP contribution in [0.5, 0.6) is 0 Å². The molecule has 1 aromatic rings. The van der Waals surface area contributed by atoms with Gasteiger partial charge < -0.3 is 9.15 Å². The number of rotatable bonds is 2. The van der Waals surface area contributed by atoms with Crippen molar-refractivity contribution in [3.05, 3.63) is 24.2 Å². The van der Waals surface area contributed by atoms with Gasteiger partial charge in [0.2, 0.25) is 5.05 Å². The summed E-state index contributed by atoms with van der Waals surface area (Å²) in [4.78, 5) is 0. The van der Waals surface area contributed by atoms with Crippen LogP contribution in [0.4, 0.5) is 0 Å². The van der Waals surface area contributed by atoms with Crippen LogP contribution in [0.1, 0.15) is 12.7 Å². The van der Waals surface area contributed by atoms with Crippen LogP contribution in [0, 0.1) is 0 Å². The fourth-order valence-corrected chi connectivity index (χ4v) is 0.831. The van der Waals surface area contributed by atoms with Crippen LogP contribution in [0.2, 0.25) is 0 Å². The molecule has 1 aromatic heterocycles. The maximum Gasteiger partial charge on any atom is 0.227 e. The Kier molecular flexibility index (Phi) is 2.45. The van der Waals surface area contributed by atoms with Crippen LogP contribution < -0.4 is 0 Å². The minimum absolute atomic E-state index is 0.424. The van der Waals surface area contributed by atoms with Gasteiger partial charge in [0.05, 0.1) is 12.9 Å². The summed E-state index contributed by atoms with van der Waals surface area (Å²) < 4.78 is 10.0. The van der Waals surface area contributed by atoms with E-state index in [1.54, 1.807) is 18.4 Å². The number of hydrogen-bond donors (Lipinski definition) is 0. The van der Waals surface area contributed by atoms with Gasteiger partial charge in [-0.05, 0) is 31.3 Å². The molecule has 0 aromatic carbocycles. The molecule has 0 amide bonds. The van der Waals surface area contributed by atoms with E-state index in [9.17, 15) is 0 Å². The molecule has 0 N–H and O–H groups in total. The highest BCUT2D eigenvalue weighted by Gasteiger charge is 2.01. The van der Waals surface area contributed by atoms with Gasteiger partial charge in [0.1, 0.15) is 0 Å². The van der Waals surface area contributed by atoms with Gasteiger partial charge in [0.15, 0.2) is 5.76 Å². The molecule has 0 aliphatic heterocycles. The van der Waals surface area contributed by atoms with Crippen LogP contribution in [0.15, 0.2) is 22.8 Å². The SMILES string of the molecule is CCOC(=S)c1ccco1. The number of thiocarbonyl (C=S) groups is 1. The molecule has 1 rings (SSSR count). The van der Waals surface area contributed by atoms with Crippen LogP contribution in [0.25, 0.3) is 0 Å². The average molecular weight is 156 g/mol. The summed E-state index contributed by atoms with van der Waals surface area (Å²) in [5.41, 5.74) is 0. The molecule has 0 saturated carbocycles. The van der Waals surface area contributed by atoms with E-state index < -0.39 is 0 Å². The van der Waals surface area contributed by atoms with Crippen molar-refractivity contribution in [2.24, 2.45) is 0 Å². The zero-order valence-electron chi connectivity index (χ0n) is 5.66. The third-order valence-corrected chi connectivity index (χ3v) is 1.32. The standard InChI is InChI=1S/C7H8O2S/c1-2-8-7(10)6-4-3-5-9-6/h3-5H,2H2,1H3. The predicted molar refractivity (Wildman–Crippen MR) is 42.0 cm³/mol. The van der Waals surface area contributed by atoms with E-state index in [0.29, 0.717) is 17.4 Å². The zero-order valence-corrected chi connectivity index (χ0v) is 6.48. The topological polar surface area (TPSA) is 22.4 Å². The monoisotopic (exact) mass is 156 g/mol. The minimum Gasteiger partial charge on any atom is -0.481 e. The largest absolute Gasteiger partial charge is 0.481 e. The summed E-state index contributed by atoms with van der Waals surface area (Å²) in [7, 11) is 0. The molecule has 54 valence electrons. The number of furan rings is 1. The number of hydrogen-bond acceptors (Lipinski definition) is 3. The van der Waals surface area contributed by atoms with E-state index in [1.807, 2.05) is 6.92 Å². The van der Waals surface area contributed by atoms with Gasteiger partial charge in [-0.3, -0.25) is 0 Å². The molecule has 0 saturated heterocycles. The van der Waals surface area contributed by atoms with Crippen LogP contribution in [-0.4, -0.2) is 11.7 Å². The van der Waals surface area contributed by atoms with Crippen LogP contribution >= 0.6 is 12.2 Å². The minimum atomic E-state index is 0.424. The Labute approximate surface area is 64.8 Å². The molecule has 0 aliphatic carbocycles. The molecule has 3 heteroatoms. The van der Waals surface area contributed by atoms with Gasteiger partial charge in [0, 0.05) is 0 Å². The Morgan fingerprint density at radius 1 is 1.80 bits per heavy atom. The van der Waals surface area contributed by atoms with Gasteiger partial charge in [-0.15, -0.1) is 0 Å². The van der Waals surface area contributed by atoms with Crippen molar-refractivity contribution >= 4 is 17.3 Å². The van der Waals surface area contributed by atoms with Crippen molar-refractivity contribution in [2.75, 3.05) is 6.61 Å².